The van der Waals surface area contributed by atoms with E-state index in [9.17, 15) is 13.6 Å². The van der Waals surface area contributed by atoms with Gasteiger partial charge in [0.25, 0.3) is 5.91 Å². The average molecular weight is 297 g/mol. The highest BCUT2D eigenvalue weighted by atomic mass is 35.5. The van der Waals surface area contributed by atoms with E-state index in [4.69, 9.17) is 17.3 Å². The molecule has 0 heterocycles. The molecule has 2 aromatic rings. The second-order valence-corrected chi connectivity index (χ2v) is 4.75. The molecule has 2 rings (SSSR count). The Morgan fingerprint density at radius 1 is 1.20 bits per heavy atom. The van der Waals surface area contributed by atoms with Crippen LogP contribution in [-0.2, 0) is 0 Å². The molecule has 0 aromatic heterocycles. The molecule has 0 aliphatic heterocycles. The first-order valence-electron chi connectivity index (χ1n) is 5.70. The van der Waals surface area contributed by atoms with Crippen LogP contribution in [0, 0.1) is 18.6 Å². The summed E-state index contributed by atoms with van der Waals surface area (Å²) in [5.74, 6) is -1.99. The van der Waals surface area contributed by atoms with Crippen molar-refractivity contribution in [1.29, 1.82) is 0 Å². The predicted molar refractivity (Wildman–Crippen MR) is 74.9 cm³/mol. The Kier molecular flexibility index (Phi) is 3.90. The van der Waals surface area contributed by atoms with Crippen LogP contribution >= 0.6 is 11.6 Å². The van der Waals surface area contributed by atoms with Crippen LogP contribution in [0.5, 0.6) is 0 Å². The van der Waals surface area contributed by atoms with Gasteiger partial charge in [-0.25, -0.2) is 8.78 Å². The van der Waals surface area contributed by atoms with Crippen LogP contribution in [0.1, 0.15) is 15.9 Å². The second kappa shape index (κ2) is 5.46. The molecular weight excluding hydrogens is 286 g/mol. The van der Waals surface area contributed by atoms with Crippen LogP contribution in [-0.4, -0.2) is 5.91 Å². The maximum absolute atomic E-state index is 13.9. The standard InChI is InChI=1S/C14H11ClF2N2O/c1-7-2-10(18)6-12(13(7)17)14(20)19-11-4-8(15)3-9(16)5-11/h2-6H,18H2,1H3,(H,19,20). The van der Waals surface area contributed by atoms with Gasteiger partial charge in [-0.15, -0.1) is 0 Å². The van der Waals surface area contributed by atoms with E-state index in [1.807, 2.05) is 0 Å². The third kappa shape index (κ3) is 3.05. The largest absolute Gasteiger partial charge is 0.399 e. The Hall–Kier alpha value is -2.14. The van der Waals surface area contributed by atoms with E-state index < -0.39 is 17.5 Å². The summed E-state index contributed by atoms with van der Waals surface area (Å²) in [6.07, 6.45) is 0. The lowest BCUT2D eigenvalue weighted by Gasteiger charge is -2.09. The minimum absolute atomic E-state index is 0.129. The van der Waals surface area contributed by atoms with Crippen LogP contribution in [0.25, 0.3) is 0 Å². The van der Waals surface area contributed by atoms with Crippen molar-refractivity contribution < 1.29 is 13.6 Å². The zero-order valence-corrected chi connectivity index (χ0v) is 11.3. The minimum atomic E-state index is -0.723. The molecule has 6 heteroatoms. The number of carbonyl (C=O) groups excluding carboxylic acids is 1. The number of nitrogens with two attached hydrogens (primary N) is 1. The lowest BCUT2D eigenvalue weighted by atomic mass is 10.1. The average Bonchev–Trinajstić information content (AvgIpc) is 2.32. The van der Waals surface area contributed by atoms with E-state index in [1.54, 1.807) is 0 Å². The summed E-state index contributed by atoms with van der Waals surface area (Å²) >= 11 is 5.68. The topological polar surface area (TPSA) is 55.1 Å². The number of hydrogen-bond acceptors (Lipinski definition) is 2. The first kappa shape index (κ1) is 14.3. The third-order valence-corrected chi connectivity index (χ3v) is 2.86. The van der Waals surface area contributed by atoms with Crippen molar-refractivity contribution in [3.8, 4) is 0 Å². The minimum Gasteiger partial charge on any atom is -0.399 e. The summed E-state index contributed by atoms with van der Waals surface area (Å²) in [5.41, 5.74) is 6.04. The molecule has 0 atom stereocenters. The summed E-state index contributed by atoms with van der Waals surface area (Å²) in [5, 5.41) is 2.51. The molecule has 3 nitrogen and oxygen atoms in total. The van der Waals surface area contributed by atoms with Gasteiger partial charge in [-0.1, -0.05) is 11.6 Å². The highest BCUT2D eigenvalue weighted by Crippen LogP contribution is 2.21. The first-order chi connectivity index (χ1) is 9.36. The summed E-state index contributed by atoms with van der Waals surface area (Å²) in [6, 6.07) is 6.19. The molecule has 0 radical (unpaired) electrons. The van der Waals surface area contributed by atoms with Crippen molar-refractivity contribution in [2.75, 3.05) is 11.1 Å². The Labute approximate surface area is 119 Å². The first-order valence-corrected chi connectivity index (χ1v) is 6.07. The van der Waals surface area contributed by atoms with Gasteiger partial charge >= 0.3 is 0 Å². The van der Waals surface area contributed by atoms with E-state index in [-0.39, 0.29) is 27.5 Å². The van der Waals surface area contributed by atoms with Crippen LogP contribution in [0.15, 0.2) is 30.3 Å². The normalized spacial score (nSPS) is 10.4. The number of carbonyl (C=O) groups is 1. The molecule has 20 heavy (non-hydrogen) atoms. The molecule has 3 N–H and O–H groups in total. The number of aryl methyl sites for hydroxylation is 1. The van der Waals surface area contributed by atoms with Crippen molar-refractivity contribution in [3.05, 3.63) is 58.1 Å². The fourth-order valence-corrected chi connectivity index (χ4v) is 2.01. The van der Waals surface area contributed by atoms with Crippen molar-refractivity contribution in [2.45, 2.75) is 6.92 Å². The summed E-state index contributed by atoms with van der Waals surface area (Å²) in [6.45, 7) is 1.50. The third-order valence-electron chi connectivity index (χ3n) is 2.64. The van der Waals surface area contributed by atoms with E-state index in [1.165, 1.54) is 25.1 Å². The summed E-state index contributed by atoms with van der Waals surface area (Å²) in [7, 11) is 0. The van der Waals surface area contributed by atoms with Crippen molar-refractivity contribution >= 4 is 28.9 Å². The maximum atomic E-state index is 13.9. The number of benzene rings is 2. The molecular formula is C14H11ClF2N2O. The van der Waals surface area contributed by atoms with E-state index >= 15 is 0 Å². The highest BCUT2D eigenvalue weighted by molar-refractivity contribution is 6.31. The van der Waals surface area contributed by atoms with Crippen LogP contribution in [0.2, 0.25) is 5.02 Å². The number of nitrogens with one attached hydrogen (secondary N) is 1. The number of nitrogen functional groups attached to an aromatic ring is 1. The van der Waals surface area contributed by atoms with Gasteiger partial charge < -0.3 is 11.1 Å². The zero-order valence-electron chi connectivity index (χ0n) is 10.5. The molecule has 0 fully saturated rings. The van der Waals surface area contributed by atoms with E-state index in [0.29, 0.717) is 0 Å². The second-order valence-electron chi connectivity index (χ2n) is 4.31. The number of halogens is 3. The van der Waals surface area contributed by atoms with Gasteiger partial charge in [0, 0.05) is 16.4 Å². The van der Waals surface area contributed by atoms with E-state index in [0.717, 1.165) is 12.1 Å². The Balaban J connectivity index is 2.33. The molecule has 1 amide bonds. The smallest absolute Gasteiger partial charge is 0.258 e. The molecule has 2 aromatic carbocycles. The molecule has 0 saturated heterocycles. The Morgan fingerprint density at radius 2 is 1.90 bits per heavy atom. The fraction of sp³-hybridized carbons (Fsp3) is 0.0714. The Bertz CT molecular complexity index is 669. The molecule has 0 spiro atoms. The van der Waals surface area contributed by atoms with Gasteiger partial charge in [-0.05, 0) is 42.8 Å². The van der Waals surface area contributed by atoms with Gasteiger partial charge in [0.2, 0.25) is 0 Å². The number of rotatable bonds is 2. The van der Waals surface area contributed by atoms with Crippen molar-refractivity contribution in [2.24, 2.45) is 0 Å². The highest BCUT2D eigenvalue weighted by Gasteiger charge is 2.15. The molecule has 0 aliphatic rings. The number of amides is 1. The molecule has 0 bridgehead atoms. The zero-order chi connectivity index (χ0) is 14.9. The Morgan fingerprint density at radius 3 is 2.55 bits per heavy atom. The van der Waals surface area contributed by atoms with E-state index in [2.05, 4.69) is 5.32 Å². The van der Waals surface area contributed by atoms with Crippen molar-refractivity contribution in [3.63, 3.8) is 0 Å². The van der Waals surface area contributed by atoms with Crippen LogP contribution < -0.4 is 11.1 Å². The monoisotopic (exact) mass is 296 g/mol. The van der Waals surface area contributed by atoms with Gasteiger partial charge in [-0.3, -0.25) is 4.79 Å². The molecule has 0 saturated carbocycles. The summed E-state index contributed by atoms with van der Waals surface area (Å²) < 4.78 is 27.0. The lowest BCUT2D eigenvalue weighted by molar-refractivity contribution is 0.102. The van der Waals surface area contributed by atoms with Crippen molar-refractivity contribution in [1.82, 2.24) is 0 Å². The summed E-state index contributed by atoms with van der Waals surface area (Å²) in [4.78, 5) is 12.0. The SMILES string of the molecule is Cc1cc(N)cc(C(=O)Nc2cc(F)cc(Cl)c2)c1F. The van der Waals surface area contributed by atoms with Crippen LogP contribution in [0.3, 0.4) is 0 Å². The van der Waals surface area contributed by atoms with Gasteiger partial charge in [0.05, 0.1) is 5.56 Å². The molecule has 0 aliphatic carbocycles. The molecule has 0 unspecified atom stereocenters. The van der Waals surface area contributed by atoms with Gasteiger partial charge in [0.15, 0.2) is 0 Å². The lowest BCUT2D eigenvalue weighted by Crippen LogP contribution is -2.15. The fourth-order valence-electron chi connectivity index (χ4n) is 1.79. The quantitative estimate of drug-likeness (QED) is 0.829. The predicted octanol–water partition coefficient (Wildman–Crippen LogP) is 3.76. The van der Waals surface area contributed by atoms with Crippen LogP contribution in [0.4, 0.5) is 20.2 Å². The molecule has 104 valence electrons. The van der Waals surface area contributed by atoms with Gasteiger partial charge in [-0.2, -0.15) is 0 Å². The number of hydrogen-bond donors (Lipinski definition) is 2. The van der Waals surface area contributed by atoms with Gasteiger partial charge in [0.1, 0.15) is 11.6 Å². The maximum Gasteiger partial charge on any atom is 0.258 e. The number of anilines is 2.